The number of piperidine rings is 1. The Balaban J connectivity index is 1.10. The Hall–Kier alpha value is -4.94. The van der Waals surface area contributed by atoms with Crippen molar-refractivity contribution >= 4 is 41.1 Å². The fourth-order valence-electron chi connectivity index (χ4n) is 6.07. The number of likely N-dealkylation sites (N-methyl/N-ethyl adjacent to an activating group) is 1. The third-order valence-corrected chi connectivity index (χ3v) is 9.25. The van der Waals surface area contributed by atoms with Crippen molar-refractivity contribution in [1.29, 1.82) is 0 Å². The van der Waals surface area contributed by atoms with Crippen LogP contribution in [-0.2, 0) is 14.3 Å². The summed E-state index contributed by atoms with van der Waals surface area (Å²) in [7, 11) is 5.32. The van der Waals surface area contributed by atoms with E-state index in [1.165, 1.54) is 4.90 Å². The van der Waals surface area contributed by atoms with Crippen LogP contribution in [0, 0.1) is 0 Å². The van der Waals surface area contributed by atoms with Crippen LogP contribution in [0.25, 0.3) is 11.1 Å². The highest BCUT2D eigenvalue weighted by molar-refractivity contribution is 5.94. The second-order valence-electron chi connectivity index (χ2n) is 12.9. The Morgan fingerprint density at radius 1 is 0.804 bits per heavy atom. The summed E-state index contributed by atoms with van der Waals surface area (Å²) in [5, 5.41) is 15.7. The third kappa shape index (κ3) is 12.1. The minimum Gasteiger partial charge on any atom is -0.465 e. The zero-order chi connectivity index (χ0) is 36.6. The van der Waals surface area contributed by atoms with Crippen LogP contribution in [0.1, 0.15) is 44.9 Å². The Bertz CT molecular complexity index is 1560. The van der Waals surface area contributed by atoms with Gasteiger partial charge >= 0.3 is 12.2 Å². The van der Waals surface area contributed by atoms with Crippen LogP contribution in [-0.4, -0.2) is 105 Å². The van der Waals surface area contributed by atoms with Crippen LogP contribution >= 0.6 is 0 Å². The predicted octanol–water partition coefficient (Wildman–Crippen LogP) is 6.14. The fourth-order valence-corrected chi connectivity index (χ4v) is 6.07. The number of rotatable bonds is 17. The molecule has 0 saturated carbocycles. The Kier molecular flexibility index (Phi) is 15.3. The maximum Gasteiger partial charge on any atom is 0.411 e. The van der Waals surface area contributed by atoms with Crippen LogP contribution < -0.4 is 20.4 Å². The molecule has 1 aliphatic heterocycles. The average Bonchev–Trinajstić information content (AvgIpc) is 3.15. The Morgan fingerprint density at radius 3 is 2.16 bits per heavy atom. The van der Waals surface area contributed by atoms with Crippen LogP contribution in [0.2, 0.25) is 0 Å². The molecule has 0 radical (unpaired) electrons. The molecule has 1 fully saturated rings. The highest BCUT2D eigenvalue weighted by atomic mass is 16.6. The molecule has 3 aromatic carbocycles. The number of nitrogens with zero attached hydrogens (tertiary/aromatic N) is 4. The van der Waals surface area contributed by atoms with Gasteiger partial charge in [-0.25, -0.2) is 9.59 Å². The highest BCUT2D eigenvalue weighted by Gasteiger charge is 2.23. The molecule has 4 rings (SSSR count). The van der Waals surface area contributed by atoms with E-state index in [0.717, 1.165) is 50.0 Å². The summed E-state index contributed by atoms with van der Waals surface area (Å²) in [5.41, 5.74) is 3.91. The fraction of sp³-hybridized carbons (Fsp3) is 0.436. The number of anilines is 3. The lowest BCUT2D eigenvalue weighted by atomic mass is 10.0. The quantitative estimate of drug-likeness (QED) is 0.143. The van der Waals surface area contributed by atoms with E-state index in [0.29, 0.717) is 62.4 Å². The molecule has 1 heterocycles. The van der Waals surface area contributed by atoms with Crippen molar-refractivity contribution in [1.82, 2.24) is 15.1 Å². The van der Waals surface area contributed by atoms with E-state index in [-0.39, 0.29) is 17.9 Å². The molecule has 0 spiro atoms. The number of carboxylic acid groups (broad SMARTS) is 1. The van der Waals surface area contributed by atoms with Gasteiger partial charge in [-0.15, -0.1) is 0 Å². The number of carbonyl (C=O) groups excluding carboxylic acids is 3. The third-order valence-electron chi connectivity index (χ3n) is 9.25. The van der Waals surface area contributed by atoms with Gasteiger partial charge in [-0.05, 0) is 68.6 Å². The van der Waals surface area contributed by atoms with Gasteiger partial charge in [0.1, 0.15) is 6.10 Å². The van der Waals surface area contributed by atoms with Gasteiger partial charge in [0.15, 0.2) is 0 Å². The highest BCUT2D eigenvalue weighted by Crippen LogP contribution is 2.28. The number of amides is 4. The standard InChI is InChI=1S/C39H52N6O6/c1-40-24-21-37(47)43(3)31-17-19-32(20-18-31)45(39(49)50)25-11-5-8-16-36(46)42(2)28-29-44-26-22-33(23-27-44)51-38(48)41-35-15-10-9-14-34(35)30-12-6-4-7-13-30/h4,6-7,9-10,12-15,17-20,33,40H,5,8,11,16,21-29H2,1-3H3,(H,41,48)(H,49,50). The van der Waals surface area contributed by atoms with Gasteiger partial charge in [0.25, 0.3) is 0 Å². The second kappa shape index (κ2) is 20.0. The Labute approximate surface area is 301 Å². The summed E-state index contributed by atoms with van der Waals surface area (Å²) < 4.78 is 5.76. The second-order valence-corrected chi connectivity index (χ2v) is 12.9. The molecule has 0 aromatic heterocycles. The predicted molar refractivity (Wildman–Crippen MR) is 201 cm³/mol. The minimum absolute atomic E-state index is 0.0252. The number of benzene rings is 3. The van der Waals surface area contributed by atoms with Crippen molar-refractivity contribution in [3.63, 3.8) is 0 Å². The lowest BCUT2D eigenvalue weighted by Gasteiger charge is -2.32. The van der Waals surface area contributed by atoms with Crippen molar-refractivity contribution < 1.29 is 29.0 Å². The zero-order valence-corrected chi connectivity index (χ0v) is 30.1. The van der Waals surface area contributed by atoms with Crippen LogP contribution in [0.15, 0.2) is 78.9 Å². The van der Waals surface area contributed by atoms with Crippen LogP contribution in [0.3, 0.4) is 0 Å². The first kappa shape index (κ1) is 38.9. The largest absolute Gasteiger partial charge is 0.465 e. The maximum atomic E-state index is 12.8. The topological polar surface area (TPSA) is 135 Å². The van der Waals surface area contributed by atoms with Crippen molar-refractivity contribution in [3.05, 3.63) is 78.9 Å². The molecular formula is C39H52N6O6. The van der Waals surface area contributed by atoms with E-state index in [4.69, 9.17) is 4.74 Å². The number of carbonyl (C=O) groups is 4. The van der Waals surface area contributed by atoms with E-state index in [1.807, 2.05) is 61.6 Å². The molecule has 3 aromatic rings. The molecule has 3 N–H and O–H groups in total. The van der Waals surface area contributed by atoms with Crippen LogP contribution in [0.5, 0.6) is 0 Å². The molecule has 51 heavy (non-hydrogen) atoms. The summed E-state index contributed by atoms with van der Waals surface area (Å²) in [6, 6.07) is 24.5. The van der Waals surface area contributed by atoms with E-state index in [9.17, 15) is 24.3 Å². The van der Waals surface area contributed by atoms with E-state index in [1.54, 1.807) is 48.2 Å². The van der Waals surface area contributed by atoms with Crippen LogP contribution in [0.4, 0.5) is 26.7 Å². The van der Waals surface area contributed by atoms with E-state index in [2.05, 4.69) is 15.5 Å². The summed E-state index contributed by atoms with van der Waals surface area (Å²) in [6.45, 7) is 3.84. The first-order valence-corrected chi connectivity index (χ1v) is 17.8. The van der Waals surface area contributed by atoms with Crippen molar-refractivity contribution in [2.45, 2.75) is 51.0 Å². The van der Waals surface area contributed by atoms with Crippen molar-refractivity contribution in [2.24, 2.45) is 0 Å². The molecule has 12 nitrogen and oxygen atoms in total. The smallest absolute Gasteiger partial charge is 0.411 e. The molecule has 274 valence electrons. The molecule has 0 bridgehead atoms. The molecular weight excluding hydrogens is 648 g/mol. The molecule has 1 saturated heterocycles. The van der Waals surface area contributed by atoms with Gasteiger partial charge in [-0.3, -0.25) is 19.8 Å². The number of ether oxygens (including phenoxy) is 1. The summed E-state index contributed by atoms with van der Waals surface area (Å²) >= 11 is 0. The summed E-state index contributed by atoms with van der Waals surface area (Å²) in [6.07, 6.45) is 2.62. The average molecular weight is 701 g/mol. The molecule has 12 heteroatoms. The first-order valence-electron chi connectivity index (χ1n) is 17.8. The number of para-hydroxylation sites is 1. The molecule has 4 amide bonds. The lowest BCUT2D eigenvalue weighted by molar-refractivity contribution is -0.130. The lowest BCUT2D eigenvalue weighted by Crippen LogP contribution is -2.42. The normalized spacial score (nSPS) is 13.3. The summed E-state index contributed by atoms with van der Waals surface area (Å²) in [4.78, 5) is 56.7. The molecule has 1 aliphatic rings. The zero-order valence-electron chi connectivity index (χ0n) is 30.1. The molecule has 0 atom stereocenters. The van der Waals surface area contributed by atoms with Gasteiger partial charge in [0, 0.05) is 83.1 Å². The maximum absolute atomic E-state index is 12.8. The first-order chi connectivity index (χ1) is 24.7. The van der Waals surface area contributed by atoms with Crippen molar-refractivity contribution in [2.75, 3.05) is 75.5 Å². The van der Waals surface area contributed by atoms with Crippen molar-refractivity contribution in [3.8, 4) is 11.1 Å². The number of unbranched alkanes of at least 4 members (excludes halogenated alkanes) is 2. The van der Waals surface area contributed by atoms with Gasteiger partial charge in [0.2, 0.25) is 11.8 Å². The number of hydrogen-bond acceptors (Lipinski definition) is 7. The van der Waals surface area contributed by atoms with Gasteiger partial charge < -0.3 is 29.9 Å². The molecule has 0 unspecified atom stereocenters. The van der Waals surface area contributed by atoms with Gasteiger partial charge in [0.05, 0.1) is 5.69 Å². The number of nitrogens with one attached hydrogen (secondary N) is 2. The summed E-state index contributed by atoms with van der Waals surface area (Å²) in [5.74, 6) is 0.0440. The Morgan fingerprint density at radius 2 is 1.47 bits per heavy atom. The minimum atomic E-state index is -1.04. The number of likely N-dealkylation sites (tertiary alicyclic amines) is 1. The van der Waals surface area contributed by atoms with Gasteiger partial charge in [-0.2, -0.15) is 0 Å². The monoisotopic (exact) mass is 700 g/mol. The number of hydrogen-bond donors (Lipinski definition) is 3. The van der Waals surface area contributed by atoms with E-state index >= 15 is 0 Å². The SMILES string of the molecule is CNCCC(=O)N(C)c1ccc(N(CCCCCC(=O)N(C)CCN2CCC(OC(=O)Nc3ccccc3-c3ccccc3)CC2)C(=O)O)cc1. The van der Waals surface area contributed by atoms with E-state index < -0.39 is 12.2 Å². The van der Waals surface area contributed by atoms with Gasteiger partial charge in [-0.1, -0.05) is 55.0 Å². The molecule has 0 aliphatic carbocycles.